The first kappa shape index (κ1) is 27.2. The fourth-order valence-corrected chi connectivity index (χ4v) is 4.79. The standard InChI is InChI=1S/C26H18Cl2N2O7S/c1-2-36-22-10-15(6-9-21(22)37-25(32)16-4-3-5-19(12-16)30(34)35)11-23-24(31)29(26(33)38-23)14-17-7-8-18(27)13-20(17)28/h3-13H,2,14H2,1H3/b23-11-. The van der Waals surface area contributed by atoms with E-state index in [1.54, 1.807) is 31.2 Å². The van der Waals surface area contributed by atoms with E-state index in [0.29, 0.717) is 21.2 Å². The van der Waals surface area contributed by atoms with Gasteiger partial charge in [0.2, 0.25) is 0 Å². The molecule has 1 heterocycles. The maximum absolute atomic E-state index is 13.0. The SMILES string of the molecule is CCOc1cc(/C=C2\SC(=O)N(Cc3ccc(Cl)cc3Cl)C2=O)ccc1OC(=O)c1cccc([N+](=O)[O-])c1. The third-order valence-electron chi connectivity index (χ3n) is 5.28. The molecule has 0 aromatic heterocycles. The van der Waals surface area contributed by atoms with Gasteiger partial charge in [0, 0.05) is 22.2 Å². The highest BCUT2D eigenvalue weighted by Crippen LogP contribution is 2.36. The summed E-state index contributed by atoms with van der Waals surface area (Å²) >= 11 is 12.9. The number of hydrogen-bond acceptors (Lipinski definition) is 8. The Labute approximate surface area is 231 Å². The first-order valence-corrected chi connectivity index (χ1v) is 12.7. The zero-order chi connectivity index (χ0) is 27.4. The predicted molar refractivity (Wildman–Crippen MR) is 144 cm³/mol. The minimum Gasteiger partial charge on any atom is -0.490 e. The van der Waals surface area contributed by atoms with Gasteiger partial charge in [-0.2, -0.15) is 0 Å². The fourth-order valence-electron chi connectivity index (χ4n) is 3.48. The highest BCUT2D eigenvalue weighted by Gasteiger charge is 2.35. The number of hydrogen-bond donors (Lipinski definition) is 0. The molecule has 2 amide bonds. The Balaban J connectivity index is 1.54. The summed E-state index contributed by atoms with van der Waals surface area (Å²) in [5, 5.41) is 11.3. The zero-order valence-corrected chi connectivity index (χ0v) is 22.0. The highest BCUT2D eigenvalue weighted by atomic mass is 35.5. The minimum absolute atomic E-state index is 0.000176. The maximum atomic E-state index is 13.0. The highest BCUT2D eigenvalue weighted by molar-refractivity contribution is 8.18. The van der Waals surface area contributed by atoms with Crippen LogP contribution in [0.25, 0.3) is 6.08 Å². The molecule has 0 bridgehead atoms. The lowest BCUT2D eigenvalue weighted by Gasteiger charge is -2.14. The van der Waals surface area contributed by atoms with Crippen LogP contribution in [0.4, 0.5) is 10.5 Å². The second-order valence-corrected chi connectivity index (χ2v) is 9.68. The second kappa shape index (κ2) is 11.7. The summed E-state index contributed by atoms with van der Waals surface area (Å²) in [7, 11) is 0. The summed E-state index contributed by atoms with van der Waals surface area (Å²) in [4.78, 5) is 49.8. The molecule has 4 rings (SSSR count). The van der Waals surface area contributed by atoms with Crippen molar-refractivity contribution in [2.24, 2.45) is 0 Å². The Bertz CT molecular complexity index is 1490. The van der Waals surface area contributed by atoms with E-state index < -0.39 is 22.0 Å². The molecule has 0 unspecified atom stereocenters. The predicted octanol–water partition coefficient (Wildman–Crippen LogP) is 6.76. The Kier molecular flexibility index (Phi) is 8.35. The normalized spacial score (nSPS) is 14.2. The topological polar surface area (TPSA) is 116 Å². The molecule has 1 fully saturated rings. The number of amides is 2. The molecule has 0 radical (unpaired) electrons. The summed E-state index contributed by atoms with van der Waals surface area (Å²) in [6.45, 7) is 1.99. The summed E-state index contributed by atoms with van der Waals surface area (Å²) in [5.41, 5.74) is 0.860. The van der Waals surface area contributed by atoms with Crippen molar-refractivity contribution in [2.45, 2.75) is 13.5 Å². The molecular formula is C26H18Cl2N2O7S. The van der Waals surface area contributed by atoms with Gasteiger partial charge in [0.25, 0.3) is 16.8 Å². The number of nitro groups is 1. The lowest BCUT2D eigenvalue weighted by molar-refractivity contribution is -0.384. The monoisotopic (exact) mass is 572 g/mol. The van der Waals surface area contributed by atoms with Crippen molar-refractivity contribution in [1.82, 2.24) is 4.90 Å². The van der Waals surface area contributed by atoms with Crippen LogP contribution < -0.4 is 9.47 Å². The third kappa shape index (κ3) is 6.16. The molecule has 0 N–H and O–H groups in total. The van der Waals surface area contributed by atoms with Crippen LogP contribution in [0.2, 0.25) is 10.0 Å². The number of carbonyl (C=O) groups is 3. The molecule has 0 saturated carbocycles. The number of esters is 1. The van der Waals surface area contributed by atoms with Crippen LogP contribution in [0.15, 0.2) is 65.6 Å². The van der Waals surface area contributed by atoms with Gasteiger partial charge in [-0.3, -0.25) is 24.6 Å². The number of nitrogens with zero attached hydrogens (tertiary/aromatic N) is 2. The number of rotatable bonds is 8. The smallest absolute Gasteiger partial charge is 0.343 e. The fraction of sp³-hybridized carbons (Fsp3) is 0.115. The molecule has 9 nitrogen and oxygen atoms in total. The minimum atomic E-state index is -0.801. The van der Waals surface area contributed by atoms with Crippen molar-refractivity contribution in [3.63, 3.8) is 0 Å². The van der Waals surface area contributed by atoms with E-state index in [-0.39, 0.29) is 40.8 Å². The average Bonchev–Trinajstić information content (AvgIpc) is 3.14. The number of ether oxygens (including phenoxy) is 2. The van der Waals surface area contributed by atoms with Gasteiger partial charge in [-0.05, 0) is 66.2 Å². The van der Waals surface area contributed by atoms with Crippen LogP contribution in [-0.2, 0) is 11.3 Å². The molecule has 0 aliphatic carbocycles. The van der Waals surface area contributed by atoms with E-state index in [1.807, 2.05) is 0 Å². The lowest BCUT2D eigenvalue weighted by Crippen LogP contribution is -2.27. The van der Waals surface area contributed by atoms with E-state index in [2.05, 4.69) is 0 Å². The van der Waals surface area contributed by atoms with Crippen LogP contribution in [0, 0.1) is 10.1 Å². The van der Waals surface area contributed by atoms with Crippen LogP contribution in [0.5, 0.6) is 11.5 Å². The van der Waals surface area contributed by atoms with Gasteiger partial charge in [0.05, 0.1) is 28.5 Å². The van der Waals surface area contributed by atoms with Crippen molar-refractivity contribution < 1.29 is 28.8 Å². The maximum Gasteiger partial charge on any atom is 0.343 e. The number of non-ortho nitro benzene ring substituents is 1. The van der Waals surface area contributed by atoms with Crippen LogP contribution in [0.3, 0.4) is 0 Å². The quantitative estimate of drug-likeness (QED) is 0.0955. The molecule has 3 aromatic rings. The van der Waals surface area contributed by atoms with Gasteiger partial charge in [0.15, 0.2) is 11.5 Å². The van der Waals surface area contributed by atoms with Crippen molar-refractivity contribution in [3.05, 3.63) is 102 Å². The van der Waals surface area contributed by atoms with Crippen molar-refractivity contribution in [3.8, 4) is 11.5 Å². The Morgan fingerprint density at radius 1 is 1.08 bits per heavy atom. The first-order chi connectivity index (χ1) is 18.2. The molecule has 38 heavy (non-hydrogen) atoms. The van der Waals surface area contributed by atoms with Crippen LogP contribution >= 0.6 is 35.0 Å². The molecule has 0 atom stereocenters. The third-order valence-corrected chi connectivity index (χ3v) is 6.77. The number of thioether (sulfide) groups is 1. The number of imide groups is 1. The van der Waals surface area contributed by atoms with E-state index >= 15 is 0 Å². The van der Waals surface area contributed by atoms with Gasteiger partial charge in [0.1, 0.15) is 0 Å². The molecule has 1 saturated heterocycles. The average molecular weight is 573 g/mol. The number of halogens is 2. The number of nitro benzene ring substituents is 1. The van der Waals surface area contributed by atoms with E-state index in [9.17, 15) is 24.5 Å². The zero-order valence-electron chi connectivity index (χ0n) is 19.7. The van der Waals surface area contributed by atoms with Gasteiger partial charge >= 0.3 is 5.97 Å². The largest absolute Gasteiger partial charge is 0.490 e. The van der Waals surface area contributed by atoms with Crippen LogP contribution in [0.1, 0.15) is 28.4 Å². The van der Waals surface area contributed by atoms with E-state index in [0.717, 1.165) is 22.7 Å². The first-order valence-electron chi connectivity index (χ1n) is 11.1. The lowest BCUT2D eigenvalue weighted by atomic mass is 10.1. The Morgan fingerprint density at radius 3 is 2.58 bits per heavy atom. The van der Waals surface area contributed by atoms with Crippen molar-refractivity contribution >= 4 is 63.8 Å². The van der Waals surface area contributed by atoms with Crippen molar-refractivity contribution in [2.75, 3.05) is 6.61 Å². The molecular weight excluding hydrogens is 555 g/mol. The molecule has 12 heteroatoms. The van der Waals surface area contributed by atoms with Gasteiger partial charge in [-0.25, -0.2) is 4.79 Å². The van der Waals surface area contributed by atoms with Crippen LogP contribution in [-0.4, -0.2) is 33.5 Å². The van der Waals surface area contributed by atoms with E-state index in [1.165, 1.54) is 36.4 Å². The van der Waals surface area contributed by atoms with Gasteiger partial charge in [-0.15, -0.1) is 0 Å². The second-order valence-electron chi connectivity index (χ2n) is 7.84. The number of carbonyl (C=O) groups excluding carboxylic acids is 3. The molecule has 1 aliphatic heterocycles. The van der Waals surface area contributed by atoms with Crippen molar-refractivity contribution in [1.29, 1.82) is 0 Å². The molecule has 194 valence electrons. The Morgan fingerprint density at radius 2 is 1.87 bits per heavy atom. The summed E-state index contributed by atoms with van der Waals surface area (Å²) in [6.07, 6.45) is 1.53. The molecule has 3 aromatic carbocycles. The summed E-state index contributed by atoms with van der Waals surface area (Å²) in [6, 6.07) is 14.6. The number of benzene rings is 3. The van der Waals surface area contributed by atoms with Gasteiger partial charge in [-0.1, -0.05) is 41.4 Å². The summed E-state index contributed by atoms with van der Waals surface area (Å²) < 4.78 is 11.0. The molecule has 1 aliphatic rings. The Hall–Kier alpha value is -3.86. The summed E-state index contributed by atoms with van der Waals surface area (Å²) in [5.74, 6) is -0.979. The van der Waals surface area contributed by atoms with Gasteiger partial charge < -0.3 is 9.47 Å². The van der Waals surface area contributed by atoms with E-state index in [4.69, 9.17) is 32.7 Å². The molecule has 0 spiro atoms.